The zero-order chi connectivity index (χ0) is 14.3. The van der Waals surface area contributed by atoms with Crippen LogP contribution >= 0.6 is 11.8 Å². The summed E-state index contributed by atoms with van der Waals surface area (Å²) in [6, 6.07) is 5.83. The molecule has 1 atom stereocenters. The molecule has 1 aromatic rings. The first-order valence-corrected chi connectivity index (χ1v) is 7.05. The molecule has 0 saturated heterocycles. The van der Waals surface area contributed by atoms with Crippen molar-refractivity contribution in [2.45, 2.75) is 19.4 Å². The summed E-state index contributed by atoms with van der Waals surface area (Å²) >= 11 is 1.33. The lowest BCUT2D eigenvalue weighted by molar-refractivity contribution is -0.121. The molecular weight excluding hydrogens is 267 g/mol. The quantitative estimate of drug-likeness (QED) is 0.747. The van der Waals surface area contributed by atoms with Gasteiger partial charge in [0.15, 0.2) is 0 Å². The summed E-state index contributed by atoms with van der Waals surface area (Å²) in [5, 5.41) is 2.81. The van der Waals surface area contributed by atoms with E-state index in [1.807, 2.05) is 6.92 Å². The van der Waals surface area contributed by atoms with Gasteiger partial charge in [0.1, 0.15) is 5.82 Å². The molecule has 0 aliphatic heterocycles. The predicted molar refractivity (Wildman–Crippen MR) is 74.1 cm³/mol. The minimum absolute atomic E-state index is 0.103. The summed E-state index contributed by atoms with van der Waals surface area (Å²) in [5.74, 6) is -0.0184. The number of thioether (sulfide) groups is 1. The van der Waals surface area contributed by atoms with Crippen LogP contribution in [0.5, 0.6) is 0 Å². The number of nitrogens with two attached hydrogens (primary N) is 1. The second-order valence-corrected chi connectivity index (χ2v) is 5.21. The highest BCUT2D eigenvalue weighted by Gasteiger charge is 2.09. The van der Waals surface area contributed by atoms with Gasteiger partial charge in [-0.2, -0.15) is 11.8 Å². The van der Waals surface area contributed by atoms with E-state index in [0.717, 1.165) is 5.56 Å². The van der Waals surface area contributed by atoms with Crippen LogP contribution in [0.2, 0.25) is 0 Å². The van der Waals surface area contributed by atoms with Crippen molar-refractivity contribution in [2.75, 3.05) is 11.5 Å². The lowest BCUT2D eigenvalue weighted by Crippen LogP contribution is -2.27. The summed E-state index contributed by atoms with van der Waals surface area (Å²) in [6.45, 7) is 1.84. The number of carbonyl (C=O) groups is 2. The van der Waals surface area contributed by atoms with Crippen LogP contribution in [-0.2, 0) is 9.59 Å². The van der Waals surface area contributed by atoms with E-state index in [1.54, 1.807) is 12.1 Å². The molecule has 6 heteroatoms. The maximum absolute atomic E-state index is 12.8. The number of carbonyl (C=O) groups excluding carboxylic acids is 2. The molecule has 4 nitrogen and oxygen atoms in total. The van der Waals surface area contributed by atoms with Crippen LogP contribution in [0.4, 0.5) is 4.39 Å². The second kappa shape index (κ2) is 7.78. The van der Waals surface area contributed by atoms with Crippen molar-refractivity contribution in [3.8, 4) is 0 Å². The molecule has 0 fully saturated rings. The Kier molecular flexibility index (Phi) is 6.35. The monoisotopic (exact) mass is 284 g/mol. The zero-order valence-corrected chi connectivity index (χ0v) is 11.5. The van der Waals surface area contributed by atoms with E-state index in [0.29, 0.717) is 12.2 Å². The average Bonchev–Trinajstić information content (AvgIpc) is 2.35. The first-order chi connectivity index (χ1) is 8.99. The third kappa shape index (κ3) is 6.24. The highest BCUT2D eigenvalue weighted by atomic mass is 32.2. The molecule has 0 unspecified atom stereocenters. The van der Waals surface area contributed by atoms with Gasteiger partial charge in [-0.25, -0.2) is 4.39 Å². The number of rotatable bonds is 7. The highest BCUT2D eigenvalue weighted by Crippen LogP contribution is 2.13. The number of hydrogen-bond acceptors (Lipinski definition) is 3. The third-order valence-electron chi connectivity index (χ3n) is 2.47. The Bertz CT molecular complexity index is 437. The Balaban J connectivity index is 2.31. The highest BCUT2D eigenvalue weighted by molar-refractivity contribution is 7.99. The summed E-state index contributed by atoms with van der Waals surface area (Å²) in [7, 11) is 0. The van der Waals surface area contributed by atoms with Gasteiger partial charge in [-0.3, -0.25) is 9.59 Å². The summed E-state index contributed by atoms with van der Waals surface area (Å²) < 4.78 is 12.8. The molecule has 0 radical (unpaired) electrons. The van der Waals surface area contributed by atoms with Crippen LogP contribution in [-0.4, -0.2) is 23.3 Å². The number of nitrogens with one attached hydrogen (secondary N) is 1. The molecule has 0 spiro atoms. The molecule has 0 heterocycles. The molecule has 0 bridgehead atoms. The van der Waals surface area contributed by atoms with Gasteiger partial charge in [0.2, 0.25) is 11.8 Å². The van der Waals surface area contributed by atoms with Crippen molar-refractivity contribution in [2.24, 2.45) is 5.73 Å². The van der Waals surface area contributed by atoms with Crippen LogP contribution in [0.3, 0.4) is 0 Å². The van der Waals surface area contributed by atoms with Gasteiger partial charge in [-0.15, -0.1) is 0 Å². The van der Waals surface area contributed by atoms with Crippen LogP contribution < -0.4 is 11.1 Å². The molecule has 3 N–H and O–H groups in total. The van der Waals surface area contributed by atoms with Gasteiger partial charge in [0.25, 0.3) is 0 Å². The topological polar surface area (TPSA) is 72.2 Å². The fourth-order valence-electron chi connectivity index (χ4n) is 1.49. The molecule has 0 saturated carbocycles. The standard InChI is InChI=1S/C13H17FN2O2S/c1-9(10-2-4-11(14)5-3-10)16-13(18)6-7-19-8-12(15)17/h2-5,9H,6-8H2,1H3,(H2,15,17)(H,16,18)/t9-/m0/s1. The van der Waals surface area contributed by atoms with Gasteiger partial charge in [-0.1, -0.05) is 12.1 Å². The van der Waals surface area contributed by atoms with Crippen LogP contribution in [0.15, 0.2) is 24.3 Å². The SMILES string of the molecule is C[C@H](NC(=O)CCSCC(N)=O)c1ccc(F)cc1. The van der Waals surface area contributed by atoms with Crippen LogP contribution in [0, 0.1) is 5.82 Å². The van der Waals surface area contributed by atoms with Gasteiger partial charge >= 0.3 is 0 Å². The fourth-order valence-corrected chi connectivity index (χ4v) is 2.16. The summed E-state index contributed by atoms with van der Waals surface area (Å²) in [5.41, 5.74) is 5.83. The van der Waals surface area contributed by atoms with Crippen LogP contribution in [0.1, 0.15) is 24.9 Å². The number of halogens is 1. The molecule has 2 amide bonds. The van der Waals surface area contributed by atoms with E-state index in [9.17, 15) is 14.0 Å². The van der Waals surface area contributed by atoms with Crippen molar-refractivity contribution in [3.63, 3.8) is 0 Å². The van der Waals surface area contributed by atoms with Crippen molar-refractivity contribution >= 4 is 23.6 Å². The molecule has 0 aliphatic carbocycles. The van der Waals surface area contributed by atoms with Crippen LogP contribution in [0.25, 0.3) is 0 Å². The van der Waals surface area contributed by atoms with E-state index < -0.39 is 0 Å². The molecule has 0 aromatic heterocycles. The van der Waals surface area contributed by atoms with E-state index in [1.165, 1.54) is 23.9 Å². The number of primary amides is 1. The Morgan fingerprint density at radius 3 is 2.58 bits per heavy atom. The fraction of sp³-hybridized carbons (Fsp3) is 0.385. The molecule has 104 valence electrons. The van der Waals surface area contributed by atoms with Gasteiger partial charge in [0.05, 0.1) is 11.8 Å². The smallest absolute Gasteiger partial charge is 0.227 e. The predicted octanol–water partition coefficient (Wildman–Crippen LogP) is 1.61. The summed E-state index contributed by atoms with van der Waals surface area (Å²) in [6.07, 6.45) is 0.323. The van der Waals surface area contributed by atoms with Gasteiger partial charge in [-0.05, 0) is 24.6 Å². The Hall–Kier alpha value is -1.56. The Morgan fingerprint density at radius 2 is 2.00 bits per heavy atom. The van der Waals surface area contributed by atoms with Crippen molar-refractivity contribution in [1.29, 1.82) is 0 Å². The lowest BCUT2D eigenvalue weighted by atomic mass is 10.1. The molecule has 19 heavy (non-hydrogen) atoms. The summed E-state index contributed by atoms with van der Waals surface area (Å²) in [4.78, 5) is 22.1. The first kappa shape index (κ1) is 15.5. The lowest BCUT2D eigenvalue weighted by Gasteiger charge is -2.14. The van der Waals surface area contributed by atoms with E-state index >= 15 is 0 Å². The molecular formula is C13H17FN2O2S. The minimum Gasteiger partial charge on any atom is -0.369 e. The molecule has 1 rings (SSSR count). The third-order valence-corrected chi connectivity index (χ3v) is 3.45. The van der Waals surface area contributed by atoms with E-state index in [-0.39, 0.29) is 29.4 Å². The van der Waals surface area contributed by atoms with Crippen molar-refractivity contribution < 1.29 is 14.0 Å². The number of benzene rings is 1. The van der Waals surface area contributed by atoms with Crippen molar-refractivity contribution in [1.82, 2.24) is 5.32 Å². The van der Waals surface area contributed by atoms with Gasteiger partial charge in [0, 0.05) is 12.2 Å². The second-order valence-electron chi connectivity index (χ2n) is 4.11. The van der Waals surface area contributed by atoms with E-state index in [2.05, 4.69) is 5.32 Å². The number of amides is 2. The zero-order valence-electron chi connectivity index (χ0n) is 10.7. The maximum atomic E-state index is 12.8. The van der Waals surface area contributed by atoms with E-state index in [4.69, 9.17) is 5.73 Å². The molecule has 1 aromatic carbocycles. The first-order valence-electron chi connectivity index (χ1n) is 5.90. The minimum atomic E-state index is -0.384. The van der Waals surface area contributed by atoms with Crippen molar-refractivity contribution in [3.05, 3.63) is 35.6 Å². The normalized spacial score (nSPS) is 11.9. The maximum Gasteiger partial charge on any atom is 0.227 e. The Morgan fingerprint density at radius 1 is 1.37 bits per heavy atom. The number of hydrogen-bond donors (Lipinski definition) is 2. The van der Waals surface area contributed by atoms with Gasteiger partial charge < -0.3 is 11.1 Å². The average molecular weight is 284 g/mol. The Labute approximate surface area is 115 Å². The molecule has 0 aliphatic rings. The largest absolute Gasteiger partial charge is 0.369 e.